The van der Waals surface area contributed by atoms with Crippen LogP contribution in [0.2, 0.25) is 15.1 Å². The van der Waals surface area contributed by atoms with Crippen molar-refractivity contribution in [3.05, 3.63) is 68.8 Å². The van der Waals surface area contributed by atoms with E-state index in [0.717, 1.165) is 16.7 Å². The highest BCUT2D eigenvalue weighted by Crippen LogP contribution is 2.34. The fraction of sp³-hybridized carbons (Fsp3) is 0.150. The van der Waals surface area contributed by atoms with Crippen LogP contribution in [0.1, 0.15) is 11.1 Å². The van der Waals surface area contributed by atoms with Crippen molar-refractivity contribution in [1.29, 1.82) is 0 Å². The Balaban J connectivity index is 1.57. The van der Waals surface area contributed by atoms with Crippen LogP contribution in [0.5, 0.6) is 0 Å². The lowest BCUT2D eigenvalue weighted by atomic mass is 10.1. The lowest BCUT2D eigenvalue weighted by molar-refractivity contribution is -0.115. The molecule has 4 rings (SSSR count). The van der Waals surface area contributed by atoms with Gasteiger partial charge in [-0.1, -0.05) is 40.9 Å². The normalized spacial score (nSPS) is 12.6. The van der Waals surface area contributed by atoms with E-state index in [2.05, 4.69) is 20.6 Å². The number of fused-ring (bicyclic) bond motifs is 3. The number of rotatable bonds is 4. The molecule has 28 heavy (non-hydrogen) atoms. The first kappa shape index (κ1) is 19.0. The molecule has 1 aliphatic heterocycles. The minimum absolute atomic E-state index is 0.121. The highest BCUT2D eigenvalue weighted by Gasteiger charge is 2.21. The quantitative estimate of drug-likeness (QED) is 0.589. The second-order valence-electron chi connectivity index (χ2n) is 6.39. The van der Waals surface area contributed by atoms with Gasteiger partial charge in [0.1, 0.15) is 0 Å². The number of carbonyl (C=O) groups excluding carboxylic acids is 1. The van der Waals surface area contributed by atoms with Crippen molar-refractivity contribution < 1.29 is 4.79 Å². The van der Waals surface area contributed by atoms with Crippen LogP contribution < -0.4 is 10.6 Å². The molecule has 0 atom stereocenters. The Bertz CT molecular complexity index is 1070. The van der Waals surface area contributed by atoms with E-state index < -0.39 is 0 Å². The van der Waals surface area contributed by atoms with E-state index in [-0.39, 0.29) is 12.3 Å². The molecule has 2 aromatic carbocycles. The molecule has 0 spiro atoms. The highest BCUT2D eigenvalue weighted by atomic mass is 35.5. The van der Waals surface area contributed by atoms with E-state index in [9.17, 15) is 4.79 Å². The lowest BCUT2D eigenvalue weighted by Crippen LogP contribution is -2.13. The summed E-state index contributed by atoms with van der Waals surface area (Å²) in [5.41, 5.74) is 3.94. The van der Waals surface area contributed by atoms with Gasteiger partial charge in [-0.05, 0) is 42.3 Å². The van der Waals surface area contributed by atoms with Gasteiger partial charge >= 0.3 is 0 Å². The number of nitrogens with zero attached hydrogens (tertiary/aromatic N) is 2. The van der Waals surface area contributed by atoms with Crippen LogP contribution in [0, 0.1) is 0 Å². The fourth-order valence-electron chi connectivity index (χ4n) is 3.08. The molecule has 142 valence electrons. The molecule has 2 N–H and O–H groups in total. The zero-order valence-corrected chi connectivity index (χ0v) is 16.9. The SMILES string of the molecule is O=C1Cc2cnc(NCCc3ccc(Cl)cc3Cl)nc2-c2ccc(Cl)cc2N1. The smallest absolute Gasteiger partial charge is 0.228 e. The minimum atomic E-state index is -0.121. The predicted octanol–water partition coefficient (Wildman–Crippen LogP) is 5.25. The van der Waals surface area contributed by atoms with Crippen molar-refractivity contribution in [3.8, 4) is 11.3 Å². The van der Waals surface area contributed by atoms with E-state index in [4.69, 9.17) is 34.8 Å². The third kappa shape index (κ3) is 4.07. The molecular weight excluding hydrogens is 419 g/mol. The van der Waals surface area contributed by atoms with Gasteiger partial charge in [-0.25, -0.2) is 9.97 Å². The Morgan fingerprint density at radius 3 is 2.68 bits per heavy atom. The zero-order chi connectivity index (χ0) is 19.7. The van der Waals surface area contributed by atoms with Gasteiger partial charge in [-0.2, -0.15) is 0 Å². The second kappa shape index (κ2) is 7.95. The molecule has 0 aliphatic carbocycles. The van der Waals surface area contributed by atoms with Crippen molar-refractivity contribution in [2.24, 2.45) is 0 Å². The van der Waals surface area contributed by atoms with E-state index in [1.807, 2.05) is 18.2 Å². The number of benzene rings is 2. The molecular formula is C20H15Cl3N4O. The van der Waals surface area contributed by atoms with Crippen LogP contribution in [0.4, 0.5) is 11.6 Å². The molecule has 1 aromatic heterocycles. The van der Waals surface area contributed by atoms with Gasteiger partial charge in [0.2, 0.25) is 11.9 Å². The van der Waals surface area contributed by atoms with E-state index in [1.165, 1.54) is 0 Å². The minimum Gasteiger partial charge on any atom is -0.354 e. The number of halogens is 3. The summed E-state index contributed by atoms with van der Waals surface area (Å²) in [5.74, 6) is 0.364. The number of amides is 1. The van der Waals surface area contributed by atoms with Gasteiger partial charge in [-0.3, -0.25) is 4.79 Å². The van der Waals surface area contributed by atoms with Crippen molar-refractivity contribution >= 4 is 52.3 Å². The van der Waals surface area contributed by atoms with Crippen LogP contribution >= 0.6 is 34.8 Å². The maximum atomic E-state index is 12.1. The van der Waals surface area contributed by atoms with E-state index in [0.29, 0.717) is 45.4 Å². The Kier molecular flexibility index (Phi) is 5.40. The van der Waals surface area contributed by atoms with Crippen LogP contribution in [0.15, 0.2) is 42.6 Å². The molecule has 1 amide bonds. The summed E-state index contributed by atoms with van der Waals surface area (Å²) in [6.45, 7) is 0.602. The first-order valence-corrected chi connectivity index (χ1v) is 9.76. The summed E-state index contributed by atoms with van der Waals surface area (Å²) in [4.78, 5) is 21.1. The lowest BCUT2D eigenvalue weighted by Gasteiger charge is -2.11. The molecule has 0 saturated heterocycles. The molecule has 2 heterocycles. The molecule has 8 heteroatoms. The number of aromatic nitrogens is 2. The van der Waals surface area contributed by atoms with Gasteiger partial charge < -0.3 is 10.6 Å². The zero-order valence-electron chi connectivity index (χ0n) is 14.6. The largest absolute Gasteiger partial charge is 0.354 e. The Morgan fingerprint density at radius 2 is 1.86 bits per heavy atom. The summed E-state index contributed by atoms with van der Waals surface area (Å²) >= 11 is 18.2. The van der Waals surface area contributed by atoms with Crippen LogP contribution in [-0.2, 0) is 17.6 Å². The van der Waals surface area contributed by atoms with Crippen LogP contribution in [-0.4, -0.2) is 22.4 Å². The van der Waals surface area contributed by atoms with Gasteiger partial charge in [0, 0.05) is 38.9 Å². The average Bonchev–Trinajstić information content (AvgIpc) is 2.78. The molecule has 0 unspecified atom stereocenters. The molecule has 0 saturated carbocycles. The molecule has 3 aromatic rings. The molecule has 0 radical (unpaired) electrons. The van der Waals surface area contributed by atoms with Crippen LogP contribution in [0.25, 0.3) is 11.3 Å². The molecule has 0 bridgehead atoms. The molecule has 0 fully saturated rings. The Labute approximate surface area is 177 Å². The maximum Gasteiger partial charge on any atom is 0.228 e. The summed E-state index contributed by atoms with van der Waals surface area (Å²) in [7, 11) is 0. The first-order valence-electron chi connectivity index (χ1n) is 8.63. The number of hydrogen-bond acceptors (Lipinski definition) is 4. The van der Waals surface area contributed by atoms with E-state index in [1.54, 1.807) is 24.4 Å². The number of hydrogen-bond donors (Lipinski definition) is 2. The number of carbonyl (C=O) groups is 1. The van der Waals surface area contributed by atoms with E-state index >= 15 is 0 Å². The molecule has 5 nitrogen and oxygen atoms in total. The summed E-state index contributed by atoms with van der Waals surface area (Å²) in [6, 6.07) is 10.8. The van der Waals surface area contributed by atoms with Crippen molar-refractivity contribution in [1.82, 2.24) is 9.97 Å². The maximum absolute atomic E-state index is 12.1. The highest BCUT2D eigenvalue weighted by molar-refractivity contribution is 6.35. The summed E-state index contributed by atoms with van der Waals surface area (Å²) in [6.07, 6.45) is 2.59. The number of nitrogens with one attached hydrogen (secondary N) is 2. The fourth-order valence-corrected chi connectivity index (χ4v) is 3.76. The Morgan fingerprint density at radius 1 is 1.07 bits per heavy atom. The van der Waals surface area contributed by atoms with Crippen molar-refractivity contribution in [2.75, 3.05) is 17.2 Å². The third-order valence-corrected chi connectivity index (χ3v) is 5.24. The monoisotopic (exact) mass is 432 g/mol. The van der Waals surface area contributed by atoms with Crippen molar-refractivity contribution in [3.63, 3.8) is 0 Å². The predicted molar refractivity (Wildman–Crippen MR) is 113 cm³/mol. The van der Waals surface area contributed by atoms with Crippen molar-refractivity contribution in [2.45, 2.75) is 12.8 Å². The molecule has 1 aliphatic rings. The van der Waals surface area contributed by atoms with Gasteiger partial charge in [0.15, 0.2) is 0 Å². The van der Waals surface area contributed by atoms with Gasteiger partial charge in [-0.15, -0.1) is 0 Å². The summed E-state index contributed by atoms with van der Waals surface area (Å²) in [5, 5.41) is 7.87. The van der Waals surface area contributed by atoms with Crippen LogP contribution in [0.3, 0.4) is 0 Å². The second-order valence-corrected chi connectivity index (χ2v) is 7.67. The number of anilines is 2. The third-order valence-electron chi connectivity index (χ3n) is 4.42. The standard InChI is InChI=1S/C20H15Cl3N4O/c21-13-2-1-11(16(23)8-13)5-6-24-20-25-10-12-7-18(28)26-17-9-14(22)3-4-15(17)19(12)27-20/h1-4,8-10H,5-7H2,(H,26,28)(H,24,25,27). The Hall–Kier alpha value is -2.34. The first-order chi connectivity index (χ1) is 13.5. The summed E-state index contributed by atoms with van der Waals surface area (Å²) < 4.78 is 0. The average molecular weight is 434 g/mol. The van der Waals surface area contributed by atoms with Gasteiger partial charge in [0.25, 0.3) is 0 Å². The topological polar surface area (TPSA) is 66.9 Å². The van der Waals surface area contributed by atoms with Gasteiger partial charge in [0.05, 0.1) is 17.8 Å².